The number of carbonyl (C=O) groups excluding carboxylic acids is 1. The Labute approximate surface area is 107 Å². The first kappa shape index (κ1) is 11.2. The highest BCUT2D eigenvalue weighted by molar-refractivity contribution is 5.98. The molecule has 0 fully saturated rings. The molecule has 19 heavy (non-hydrogen) atoms. The number of benzene rings is 1. The van der Waals surface area contributed by atoms with Crippen molar-refractivity contribution in [2.45, 2.75) is 0 Å². The summed E-state index contributed by atoms with van der Waals surface area (Å²) < 4.78 is 1.12. The van der Waals surface area contributed by atoms with Gasteiger partial charge in [0.25, 0.3) is 11.5 Å². The molecule has 0 aliphatic heterocycles. The molecule has 0 aliphatic carbocycles. The number of hydrogen-bond acceptors (Lipinski definition) is 3. The molecular weight excluding hydrogens is 244 g/mol. The minimum atomic E-state index is -0.629. The van der Waals surface area contributed by atoms with Crippen molar-refractivity contribution in [3.8, 4) is 11.3 Å². The SMILES string of the molecule is NC(=O)c1cnn2c(=O)cc(-c3ccccc3)[nH]c12. The summed E-state index contributed by atoms with van der Waals surface area (Å²) in [5.74, 6) is -0.629. The van der Waals surface area contributed by atoms with Gasteiger partial charge in [0.05, 0.1) is 11.9 Å². The first-order chi connectivity index (χ1) is 9.16. The highest BCUT2D eigenvalue weighted by Crippen LogP contribution is 2.16. The lowest BCUT2D eigenvalue weighted by molar-refractivity contribution is 0.100. The maximum atomic E-state index is 11.9. The summed E-state index contributed by atoms with van der Waals surface area (Å²) in [5.41, 5.74) is 6.88. The number of primary amides is 1. The molecule has 0 radical (unpaired) electrons. The summed E-state index contributed by atoms with van der Waals surface area (Å²) in [6, 6.07) is 10.8. The van der Waals surface area contributed by atoms with Crippen molar-refractivity contribution in [3.05, 3.63) is 58.5 Å². The van der Waals surface area contributed by atoms with Crippen molar-refractivity contribution < 1.29 is 4.79 Å². The van der Waals surface area contributed by atoms with E-state index in [1.54, 1.807) is 0 Å². The summed E-state index contributed by atoms with van der Waals surface area (Å²) >= 11 is 0. The third kappa shape index (κ3) is 1.79. The predicted molar refractivity (Wildman–Crippen MR) is 69.8 cm³/mol. The van der Waals surface area contributed by atoms with Gasteiger partial charge in [-0.25, -0.2) is 0 Å². The van der Waals surface area contributed by atoms with Crippen LogP contribution in [0.3, 0.4) is 0 Å². The molecular formula is C13H10N4O2. The molecule has 2 aromatic heterocycles. The molecule has 2 heterocycles. The molecule has 1 amide bonds. The zero-order chi connectivity index (χ0) is 13.4. The van der Waals surface area contributed by atoms with E-state index >= 15 is 0 Å². The minimum Gasteiger partial charge on any atom is -0.365 e. The van der Waals surface area contributed by atoms with Crippen molar-refractivity contribution in [2.75, 3.05) is 0 Å². The van der Waals surface area contributed by atoms with Crippen LogP contribution in [0.4, 0.5) is 0 Å². The van der Waals surface area contributed by atoms with Crippen LogP contribution in [0.5, 0.6) is 0 Å². The average Bonchev–Trinajstić information content (AvgIpc) is 2.84. The molecule has 3 aromatic rings. The van der Waals surface area contributed by atoms with Crippen molar-refractivity contribution in [1.82, 2.24) is 14.6 Å². The van der Waals surface area contributed by atoms with Crippen molar-refractivity contribution in [2.24, 2.45) is 5.73 Å². The van der Waals surface area contributed by atoms with E-state index in [9.17, 15) is 9.59 Å². The van der Waals surface area contributed by atoms with Gasteiger partial charge >= 0.3 is 0 Å². The number of nitrogens with two attached hydrogens (primary N) is 1. The third-order valence-corrected chi connectivity index (χ3v) is 2.85. The molecule has 0 saturated carbocycles. The Hall–Kier alpha value is -2.89. The first-order valence-electron chi connectivity index (χ1n) is 5.63. The zero-order valence-corrected chi connectivity index (χ0v) is 9.83. The van der Waals surface area contributed by atoms with Gasteiger partial charge in [-0.1, -0.05) is 30.3 Å². The largest absolute Gasteiger partial charge is 0.365 e. The predicted octanol–water partition coefficient (Wildman–Crippen LogP) is 0.788. The Bertz CT molecular complexity index is 818. The van der Waals surface area contributed by atoms with Gasteiger partial charge in [-0.3, -0.25) is 9.59 Å². The van der Waals surface area contributed by atoms with Gasteiger partial charge in [-0.05, 0) is 5.56 Å². The van der Waals surface area contributed by atoms with E-state index in [-0.39, 0.29) is 11.1 Å². The number of nitrogens with zero attached hydrogens (tertiary/aromatic N) is 2. The number of fused-ring (bicyclic) bond motifs is 1. The van der Waals surface area contributed by atoms with E-state index in [1.165, 1.54) is 12.3 Å². The number of hydrogen-bond donors (Lipinski definition) is 2. The van der Waals surface area contributed by atoms with Gasteiger partial charge < -0.3 is 10.7 Å². The van der Waals surface area contributed by atoms with Gasteiger partial charge in [-0.2, -0.15) is 9.61 Å². The van der Waals surface area contributed by atoms with E-state index in [4.69, 9.17) is 5.73 Å². The van der Waals surface area contributed by atoms with Crippen LogP contribution < -0.4 is 11.3 Å². The Morgan fingerprint density at radius 2 is 2.00 bits per heavy atom. The van der Waals surface area contributed by atoms with Crippen LogP contribution in [0.1, 0.15) is 10.4 Å². The number of rotatable bonds is 2. The van der Waals surface area contributed by atoms with E-state index in [0.29, 0.717) is 11.3 Å². The standard InChI is InChI=1S/C13H10N4O2/c14-12(19)9-7-15-17-11(18)6-10(16-13(9)17)8-4-2-1-3-5-8/h1-7,16H,(H2,14,19). The number of aromatic nitrogens is 3. The van der Waals surface area contributed by atoms with E-state index in [0.717, 1.165) is 10.1 Å². The number of aromatic amines is 1. The van der Waals surface area contributed by atoms with Crippen LogP contribution >= 0.6 is 0 Å². The fourth-order valence-electron chi connectivity index (χ4n) is 1.94. The fraction of sp³-hybridized carbons (Fsp3) is 0. The Balaban J connectivity index is 2.32. The highest BCUT2D eigenvalue weighted by Gasteiger charge is 2.13. The van der Waals surface area contributed by atoms with Crippen LogP contribution in [0.2, 0.25) is 0 Å². The monoisotopic (exact) mass is 254 g/mol. The number of carbonyl (C=O) groups is 1. The number of amides is 1. The third-order valence-electron chi connectivity index (χ3n) is 2.85. The maximum Gasteiger partial charge on any atom is 0.274 e. The summed E-state index contributed by atoms with van der Waals surface area (Å²) in [4.78, 5) is 26.2. The topological polar surface area (TPSA) is 93.2 Å². The molecule has 3 N–H and O–H groups in total. The summed E-state index contributed by atoms with van der Waals surface area (Å²) in [6.07, 6.45) is 1.28. The van der Waals surface area contributed by atoms with Crippen LogP contribution in [-0.2, 0) is 0 Å². The van der Waals surface area contributed by atoms with E-state index in [1.807, 2.05) is 30.3 Å². The fourth-order valence-corrected chi connectivity index (χ4v) is 1.94. The highest BCUT2D eigenvalue weighted by atomic mass is 16.1. The second-order valence-corrected chi connectivity index (χ2v) is 4.07. The van der Waals surface area contributed by atoms with Crippen molar-refractivity contribution >= 4 is 11.6 Å². The molecule has 3 rings (SSSR count). The second-order valence-electron chi connectivity index (χ2n) is 4.07. The Kier molecular flexibility index (Phi) is 2.42. The van der Waals surface area contributed by atoms with Crippen molar-refractivity contribution in [1.29, 1.82) is 0 Å². The summed E-state index contributed by atoms with van der Waals surface area (Å²) in [7, 11) is 0. The molecule has 1 aromatic carbocycles. The lowest BCUT2D eigenvalue weighted by atomic mass is 10.1. The average molecular weight is 254 g/mol. The van der Waals surface area contributed by atoms with Gasteiger partial charge in [0, 0.05) is 6.07 Å². The van der Waals surface area contributed by atoms with Gasteiger partial charge in [0.1, 0.15) is 5.56 Å². The molecule has 6 nitrogen and oxygen atoms in total. The van der Waals surface area contributed by atoms with E-state index in [2.05, 4.69) is 10.1 Å². The Morgan fingerprint density at radius 3 is 2.68 bits per heavy atom. The lowest BCUT2D eigenvalue weighted by Crippen LogP contribution is -2.16. The van der Waals surface area contributed by atoms with E-state index < -0.39 is 5.91 Å². The van der Waals surface area contributed by atoms with Crippen LogP contribution in [-0.4, -0.2) is 20.5 Å². The minimum absolute atomic E-state index is 0.190. The molecule has 94 valence electrons. The molecule has 6 heteroatoms. The van der Waals surface area contributed by atoms with Gasteiger partial charge in [-0.15, -0.1) is 0 Å². The lowest BCUT2D eigenvalue weighted by Gasteiger charge is -2.03. The van der Waals surface area contributed by atoms with Crippen molar-refractivity contribution in [3.63, 3.8) is 0 Å². The summed E-state index contributed by atoms with van der Waals surface area (Å²) in [6.45, 7) is 0. The smallest absolute Gasteiger partial charge is 0.274 e. The van der Waals surface area contributed by atoms with Crippen LogP contribution in [0.25, 0.3) is 16.9 Å². The number of nitrogens with one attached hydrogen (secondary N) is 1. The second kappa shape index (κ2) is 4.09. The Morgan fingerprint density at radius 1 is 1.26 bits per heavy atom. The maximum absolute atomic E-state index is 11.9. The van der Waals surface area contributed by atoms with Crippen LogP contribution in [0, 0.1) is 0 Å². The first-order valence-corrected chi connectivity index (χ1v) is 5.63. The molecule has 0 unspecified atom stereocenters. The zero-order valence-electron chi connectivity index (χ0n) is 9.83. The van der Waals surface area contributed by atoms with Gasteiger partial charge in [0.2, 0.25) is 0 Å². The molecule has 0 atom stereocenters. The molecule has 0 saturated heterocycles. The normalized spacial score (nSPS) is 10.7. The molecule has 0 aliphatic rings. The quantitative estimate of drug-likeness (QED) is 0.708. The van der Waals surface area contributed by atoms with Gasteiger partial charge in [0.15, 0.2) is 5.65 Å². The molecule has 0 bridgehead atoms. The summed E-state index contributed by atoms with van der Waals surface area (Å²) in [5, 5.41) is 3.85. The number of H-pyrrole nitrogens is 1. The van der Waals surface area contributed by atoms with Crippen LogP contribution in [0.15, 0.2) is 47.4 Å². The molecule has 0 spiro atoms.